The summed E-state index contributed by atoms with van der Waals surface area (Å²) in [7, 11) is 0. The van der Waals surface area contributed by atoms with Crippen LogP contribution in [0.3, 0.4) is 0 Å². The Morgan fingerprint density at radius 1 is 1.29 bits per heavy atom. The number of benzene rings is 2. The number of carbonyl (C=O) groups is 1. The Kier molecular flexibility index (Phi) is 4.79. The van der Waals surface area contributed by atoms with Gasteiger partial charge in [-0.2, -0.15) is 4.99 Å². The van der Waals surface area contributed by atoms with Crippen molar-refractivity contribution in [3.63, 3.8) is 0 Å². The van der Waals surface area contributed by atoms with Crippen LogP contribution >= 0.6 is 22.9 Å². The van der Waals surface area contributed by atoms with E-state index in [0.29, 0.717) is 25.6 Å². The highest BCUT2D eigenvalue weighted by atomic mass is 35.5. The molecular weight excluding hydrogens is 347 g/mol. The minimum atomic E-state index is -0.390. The smallest absolute Gasteiger partial charge is 0.252 e. The highest BCUT2D eigenvalue weighted by Crippen LogP contribution is 2.20. The molecule has 1 amide bonds. The second kappa shape index (κ2) is 7.00. The molecule has 0 spiro atoms. The lowest BCUT2D eigenvalue weighted by molar-refractivity contribution is -0.117. The molecule has 3 nitrogen and oxygen atoms in total. The number of rotatable bonds is 3. The zero-order chi connectivity index (χ0) is 17.1. The number of aromatic nitrogens is 1. The number of terminal acetylenes is 1. The van der Waals surface area contributed by atoms with E-state index in [0.717, 1.165) is 0 Å². The highest BCUT2D eigenvalue weighted by molar-refractivity contribution is 7.16. The number of carbonyl (C=O) groups excluding carboxylic acids is 1. The average Bonchev–Trinajstić information content (AvgIpc) is 2.89. The molecule has 3 aromatic rings. The molecule has 0 unspecified atom stereocenters. The van der Waals surface area contributed by atoms with Crippen molar-refractivity contribution in [2.45, 2.75) is 13.0 Å². The average molecular weight is 359 g/mol. The van der Waals surface area contributed by atoms with E-state index in [9.17, 15) is 9.18 Å². The van der Waals surface area contributed by atoms with Crippen LogP contribution in [0.1, 0.15) is 5.56 Å². The van der Waals surface area contributed by atoms with Gasteiger partial charge in [0.1, 0.15) is 5.82 Å². The van der Waals surface area contributed by atoms with Crippen LogP contribution in [0.2, 0.25) is 5.02 Å². The van der Waals surface area contributed by atoms with Gasteiger partial charge in [0.15, 0.2) is 4.80 Å². The summed E-state index contributed by atoms with van der Waals surface area (Å²) in [5.41, 5.74) is 1.06. The van der Waals surface area contributed by atoms with Gasteiger partial charge >= 0.3 is 0 Å². The van der Waals surface area contributed by atoms with Crippen LogP contribution in [-0.2, 0) is 17.8 Å². The number of amides is 1. The topological polar surface area (TPSA) is 34.4 Å². The van der Waals surface area contributed by atoms with E-state index in [4.69, 9.17) is 18.0 Å². The van der Waals surface area contributed by atoms with E-state index in [2.05, 4.69) is 10.9 Å². The van der Waals surface area contributed by atoms with Crippen molar-refractivity contribution in [1.29, 1.82) is 0 Å². The molecule has 0 aliphatic heterocycles. The summed E-state index contributed by atoms with van der Waals surface area (Å²) in [5, 5.41) is 0.514. The second-order valence-corrected chi connectivity index (χ2v) is 6.45. The Labute approximate surface area is 147 Å². The molecule has 1 heterocycles. The number of hydrogen-bond donors (Lipinski definition) is 0. The van der Waals surface area contributed by atoms with Gasteiger partial charge in [0.05, 0.1) is 23.2 Å². The predicted octanol–water partition coefficient (Wildman–Crippen LogP) is 3.80. The lowest BCUT2D eigenvalue weighted by Crippen LogP contribution is -2.17. The minimum absolute atomic E-state index is 0.0758. The summed E-state index contributed by atoms with van der Waals surface area (Å²) in [6.07, 6.45) is 5.45. The van der Waals surface area contributed by atoms with Gasteiger partial charge in [0.2, 0.25) is 0 Å². The van der Waals surface area contributed by atoms with Gasteiger partial charge in [0.25, 0.3) is 5.91 Å². The van der Waals surface area contributed by atoms with Crippen molar-refractivity contribution in [2.75, 3.05) is 0 Å². The molecule has 6 heteroatoms. The molecule has 2 aromatic carbocycles. The number of hydrogen-bond acceptors (Lipinski definition) is 2. The van der Waals surface area contributed by atoms with Crippen molar-refractivity contribution >= 4 is 39.1 Å². The monoisotopic (exact) mass is 358 g/mol. The molecule has 24 heavy (non-hydrogen) atoms. The van der Waals surface area contributed by atoms with E-state index in [-0.39, 0.29) is 24.7 Å². The lowest BCUT2D eigenvalue weighted by atomic mass is 10.1. The summed E-state index contributed by atoms with van der Waals surface area (Å²) in [5.74, 6) is 1.72. The van der Waals surface area contributed by atoms with Gasteiger partial charge in [-0.05, 0) is 23.8 Å². The maximum absolute atomic E-state index is 14.1. The summed E-state index contributed by atoms with van der Waals surface area (Å²) in [6.45, 7) is 0.138. The van der Waals surface area contributed by atoms with E-state index in [1.165, 1.54) is 17.4 Å². The van der Waals surface area contributed by atoms with Gasteiger partial charge in [-0.3, -0.25) is 4.79 Å². The Balaban J connectivity index is 2.05. The summed E-state index contributed by atoms with van der Waals surface area (Å²) in [4.78, 5) is 16.8. The van der Waals surface area contributed by atoms with Gasteiger partial charge in [-0.25, -0.2) is 4.39 Å². The largest absolute Gasteiger partial charge is 0.302 e. The first kappa shape index (κ1) is 16.4. The third-order valence-electron chi connectivity index (χ3n) is 3.42. The van der Waals surface area contributed by atoms with Crippen LogP contribution in [-0.4, -0.2) is 10.5 Å². The Morgan fingerprint density at radius 2 is 2.08 bits per heavy atom. The van der Waals surface area contributed by atoms with Crippen LogP contribution in [0, 0.1) is 18.2 Å². The third-order valence-corrected chi connectivity index (χ3v) is 4.83. The lowest BCUT2D eigenvalue weighted by Gasteiger charge is -2.01. The van der Waals surface area contributed by atoms with Crippen molar-refractivity contribution in [1.82, 2.24) is 4.57 Å². The molecule has 1 aromatic heterocycles. The summed E-state index contributed by atoms with van der Waals surface area (Å²) in [6, 6.07) is 11.8. The van der Waals surface area contributed by atoms with Gasteiger partial charge < -0.3 is 4.57 Å². The molecule has 0 atom stereocenters. The van der Waals surface area contributed by atoms with Crippen molar-refractivity contribution < 1.29 is 9.18 Å². The molecule has 3 rings (SSSR count). The van der Waals surface area contributed by atoms with Crippen LogP contribution < -0.4 is 4.80 Å². The second-order valence-electron chi connectivity index (χ2n) is 5.04. The first-order valence-corrected chi connectivity index (χ1v) is 8.32. The van der Waals surface area contributed by atoms with Gasteiger partial charge in [0, 0.05) is 5.02 Å². The predicted molar refractivity (Wildman–Crippen MR) is 94.3 cm³/mol. The normalized spacial score (nSPS) is 11.6. The minimum Gasteiger partial charge on any atom is -0.302 e. The van der Waals surface area contributed by atoms with Crippen LogP contribution in [0.4, 0.5) is 4.39 Å². The molecule has 120 valence electrons. The molecule has 0 aliphatic carbocycles. The Hall–Kier alpha value is -2.42. The van der Waals surface area contributed by atoms with E-state index >= 15 is 0 Å². The quantitative estimate of drug-likeness (QED) is 0.656. The SMILES string of the molecule is C#CCn1c(=NC(=O)Cc2ccccc2Cl)sc2cccc(F)c21. The molecule has 0 saturated carbocycles. The zero-order valence-corrected chi connectivity index (χ0v) is 14.1. The van der Waals surface area contributed by atoms with Gasteiger partial charge in [-0.15, -0.1) is 6.42 Å². The number of para-hydroxylation sites is 1. The fourth-order valence-corrected chi connectivity index (χ4v) is 3.62. The zero-order valence-electron chi connectivity index (χ0n) is 12.5. The highest BCUT2D eigenvalue weighted by Gasteiger charge is 2.12. The first-order chi connectivity index (χ1) is 11.6. The van der Waals surface area contributed by atoms with Crippen LogP contribution in [0.5, 0.6) is 0 Å². The Bertz CT molecular complexity index is 1030. The first-order valence-electron chi connectivity index (χ1n) is 7.12. The summed E-state index contributed by atoms with van der Waals surface area (Å²) >= 11 is 7.29. The molecule has 0 N–H and O–H groups in total. The number of thiazole rings is 1. The van der Waals surface area contributed by atoms with Crippen LogP contribution in [0.15, 0.2) is 47.5 Å². The molecule has 0 bridgehead atoms. The molecule has 0 saturated heterocycles. The van der Waals surface area contributed by atoms with E-state index in [1.54, 1.807) is 34.9 Å². The molecule has 0 fully saturated rings. The van der Waals surface area contributed by atoms with Crippen LogP contribution in [0.25, 0.3) is 10.2 Å². The third kappa shape index (κ3) is 3.25. The standard InChI is InChI=1S/C18H12ClFN2OS/c1-2-10-22-17-14(20)8-5-9-15(17)24-18(22)21-16(23)11-12-6-3-4-7-13(12)19/h1,3-9H,10-11H2. The van der Waals surface area contributed by atoms with Crippen molar-refractivity contribution in [3.05, 3.63) is 63.7 Å². The number of halogens is 2. The maximum atomic E-state index is 14.1. The maximum Gasteiger partial charge on any atom is 0.252 e. The number of fused-ring (bicyclic) bond motifs is 1. The van der Waals surface area contributed by atoms with Crippen molar-refractivity contribution in [2.24, 2.45) is 4.99 Å². The van der Waals surface area contributed by atoms with E-state index < -0.39 is 0 Å². The molecular formula is C18H12ClFN2OS. The summed E-state index contributed by atoms with van der Waals surface area (Å²) < 4.78 is 16.3. The molecule has 0 aliphatic rings. The van der Waals surface area contributed by atoms with Gasteiger partial charge in [-0.1, -0.05) is 53.1 Å². The van der Waals surface area contributed by atoms with E-state index in [1.807, 2.05) is 6.07 Å². The number of nitrogens with zero attached hydrogens (tertiary/aromatic N) is 2. The Morgan fingerprint density at radius 3 is 2.83 bits per heavy atom. The fourth-order valence-electron chi connectivity index (χ4n) is 2.36. The molecule has 0 radical (unpaired) electrons. The fraction of sp³-hybridized carbons (Fsp3) is 0.111. The van der Waals surface area contributed by atoms with Crippen molar-refractivity contribution in [3.8, 4) is 12.3 Å².